The third-order valence-electron chi connectivity index (χ3n) is 3.71. The van der Waals surface area contributed by atoms with Crippen LogP contribution < -0.4 is 4.90 Å². The maximum Gasteiger partial charge on any atom is 0.259 e. The van der Waals surface area contributed by atoms with Crippen molar-refractivity contribution in [3.8, 4) is 0 Å². The molecule has 21 heavy (non-hydrogen) atoms. The van der Waals surface area contributed by atoms with Gasteiger partial charge in [-0.05, 0) is 42.4 Å². The zero-order valence-corrected chi connectivity index (χ0v) is 13.0. The summed E-state index contributed by atoms with van der Waals surface area (Å²) in [5.41, 5.74) is 3.16. The Morgan fingerprint density at radius 1 is 1.14 bits per heavy atom. The van der Waals surface area contributed by atoms with Gasteiger partial charge < -0.3 is 4.90 Å². The fraction of sp³-hybridized carbons (Fsp3) is 0.278. The number of para-hydroxylation sites is 1. The molecule has 1 aliphatic rings. The Morgan fingerprint density at radius 2 is 1.90 bits per heavy atom. The van der Waals surface area contributed by atoms with E-state index in [0.29, 0.717) is 0 Å². The topological polar surface area (TPSA) is 20.3 Å². The normalized spacial score (nSPS) is 13.3. The van der Waals surface area contributed by atoms with Gasteiger partial charge in [-0.1, -0.05) is 37.3 Å². The van der Waals surface area contributed by atoms with Gasteiger partial charge in [0.1, 0.15) is 0 Å². The van der Waals surface area contributed by atoms with Crippen LogP contribution in [0.3, 0.4) is 0 Å². The lowest BCUT2D eigenvalue weighted by Gasteiger charge is -2.19. The van der Waals surface area contributed by atoms with Crippen molar-refractivity contribution in [1.29, 1.82) is 0 Å². The van der Waals surface area contributed by atoms with Crippen LogP contribution in [0.15, 0.2) is 53.4 Å². The number of nitrogens with zero attached hydrogens (tertiary/aromatic N) is 1. The first kappa shape index (κ1) is 14.2. The van der Waals surface area contributed by atoms with Gasteiger partial charge in [0.15, 0.2) is 0 Å². The van der Waals surface area contributed by atoms with Crippen LogP contribution >= 0.6 is 11.8 Å². The van der Waals surface area contributed by atoms with Crippen molar-refractivity contribution >= 4 is 23.4 Å². The number of amides is 1. The molecule has 0 unspecified atom stereocenters. The number of fused-ring (bicyclic) bond motifs is 1. The van der Waals surface area contributed by atoms with E-state index in [9.17, 15) is 4.79 Å². The second kappa shape index (κ2) is 6.35. The number of anilines is 1. The highest BCUT2D eigenvalue weighted by Crippen LogP contribution is 2.31. The molecule has 0 aliphatic carbocycles. The molecule has 0 saturated carbocycles. The van der Waals surface area contributed by atoms with Crippen LogP contribution in [-0.2, 0) is 6.42 Å². The van der Waals surface area contributed by atoms with Crippen LogP contribution in [0, 0.1) is 0 Å². The van der Waals surface area contributed by atoms with E-state index in [0.717, 1.165) is 41.3 Å². The van der Waals surface area contributed by atoms with Crippen molar-refractivity contribution in [1.82, 2.24) is 0 Å². The Bertz CT molecular complexity index is 653. The van der Waals surface area contributed by atoms with Crippen LogP contribution in [0.25, 0.3) is 0 Å². The van der Waals surface area contributed by atoms with Gasteiger partial charge >= 0.3 is 0 Å². The van der Waals surface area contributed by atoms with Crippen LogP contribution in [0.5, 0.6) is 0 Å². The van der Waals surface area contributed by atoms with Gasteiger partial charge in [0.05, 0.1) is 5.56 Å². The van der Waals surface area contributed by atoms with E-state index >= 15 is 0 Å². The lowest BCUT2D eigenvalue weighted by molar-refractivity contribution is 0.0986. The Labute approximate surface area is 130 Å². The van der Waals surface area contributed by atoms with E-state index in [-0.39, 0.29) is 5.91 Å². The van der Waals surface area contributed by atoms with Crippen molar-refractivity contribution < 1.29 is 4.79 Å². The fourth-order valence-electron chi connectivity index (χ4n) is 2.68. The van der Waals surface area contributed by atoms with Crippen LogP contribution in [-0.4, -0.2) is 18.2 Å². The predicted octanol–water partition coefficient (Wildman–Crippen LogP) is 4.39. The van der Waals surface area contributed by atoms with Crippen molar-refractivity contribution in [3.63, 3.8) is 0 Å². The third kappa shape index (κ3) is 2.84. The highest BCUT2D eigenvalue weighted by molar-refractivity contribution is 7.99. The van der Waals surface area contributed by atoms with Crippen LogP contribution in [0.1, 0.15) is 29.3 Å². The van der Waals surface area contributed by atoms with E-state index in [2.05, 4.69) is 19.1 Å². The largest absolute Gasteiger partial charge is 0.308 e. The molecule has 2 aromatic carbocycles. The summed E-state index contributed by atoms with van der Waals surface area (Å²) in [6.45, 7) is 2.94. The highest BCUT2D eigenvalue weighted by atomic mass is 32.2. The number of thioether (sulfide) groups is 1. The molecule has 0 N–H and O–H groups in total. The summed E-state index contributed by atoms with van der Waals surface area (Å²) in [5.74, 6) is 1.17. The Hall–Kier alpha value is -1.74. The molecule has 0 spiro atoms. The smallest absolute Gasteiger partial charge is 0.259 e. The minimum atomic E-state index is 0.124. The lowest BCUT2D eigenvalue weighted by Crippen LogP contribution is -2.29. The molecule has 2 nitrogen and oxygen atoms in total. The standard InChI is InChI=1S/C18H19NOS/c1-2-13-21-17-10-6-4-8-15(17)18(20)19-12-11-14-7-3-5-9-16(14)19/h3-10H,2,11-13H2,1H3. The minimum Gasteiger partial charge on any atom is -0.308 e. The number of carbonyl (C=O) groups is 1. The van der Waals surface area contributed by atoms with Gasteiger partial charge in [0, 0.05) is 17.1 Å². The lowest BCUT2D eigenvalue weighted by atomic mass is 10.1. The maximum atomic E-state index is 12.9. The number of benzene rings is 2. The Balaban J connectivity index is 1.90. The Morgan fingerprint density at radius 3 is 2.76 bits per heavy atom. The summed E-state index contributed by atoms with van der Waals surface area (Å²) in [6, 6.07) is 16.1. The summed E-state index contributed by atoms with van der Waals surface area (Å²) in [4.78, 5) is 15.9. The first-order chi connectivity index (χ1) is 10.3. The fourth-order valence-corrected chi connectivity index (χ4v) is 3.59. The molecule has 1 aliphatic heterocycles. The molecule has 3 rings (SSSR count). The van der Waals surface area contributed by atoms with Gasteiger partial charge in [0.2, 0.25) is 0 Å². The van der Waals surface area contributed by atoms with E-state index in [4.69, 9.17) is 0 Å². The molecular formula is C18H19NOS. The zero-order chi connectivity index (χ0) is 14.7. The maximum absolute atomic E-state index is 12.9. The van der Waals surface area contributed by atoms with E-state index < -0.39 is 0 Å². The second-order valence-corrected chi connectivity index (χ2v) is 6.32. The minimum absolute atomic E-state index is 0.124. The molecule has 108 valence electrons. The van der Waals surface area contributed by atoms with Gasteiger partial charge in [-0.3, -0.25) is 4.79 Å². The number of hydrogen-bond acceptors (Lipinski definition) is 2. The van der Waals surface area contributed by atoms with Crippen molar-refractivity contribution in [2.24, 2.45) is 0 Å². The molecule has 1 heterocycles. The molecule has 0 radical (unpaired) electrons. The third-order valence-corrected chi connectivity index (χ3v) is 4.99. The average molecular weight is 297 g/mol. The molecule has 1 amide bonds. The summed E-state index contributed by atoms with van der Waals surface area (Å²) in [7, 11) is 0. The summed E-state index contributed by atoms with van der Waals surface area (Å²) < 4.78 is 0. The summed E-state index contributed by atoms with van der Waals surface area (Å²) in [6.07, 6.45) is 2.06. The molecular weight excluding hydrogens is 278 g/mol. The van der Waals surface area contributed by atoms with E-state index in [1.165, 1.54) is 5.56 Å². The number of hydrogen-bond donors (Lipinski definition) is 0. The molecule has 2 aromatic rings. The van der Waals surface area contributed by atoms with Gasteiger partial charge in [0.25, 0.3) is 5.91 Å². The second-order valence-electron chi connectivity index (χ2n) is 5.18. The first-order valence-corrected chi connectivity index (χ1v) is 8.41. The predicted molar refractivity (Wildman–Crippen MR) is 89.3 cm³/mol. The van der Waals surface area contributed by atoms with Crippen molar-refractivity contribution in [2.45, 2.75) is 24.7 Å². The first-order valence-electron chi connectivity index (χ1n) is 7.43. The average Bonchev–Trinajstić information content (AvgIpc) is 2.96. The number of carbonyl (C=O) groups excluding carboxylic acids is 1. The van der Waals surface area contributed by atoms with Gasteiger partial charge in [-0.25, -0.2) is 0 Å². The summed E-state index contributed by atoms with van der Waals surface area (Å²) in [5, 5.41) is 0. The van der Waals surface area contributed by atoms with Gasteiger partial charge in [-0.2, -0.15) is 0 Å². The molecule has 0 aromatic heterocycles. The molecule has 0 atom stereocenters. The highest BCUT2D eigenvalue weighted by Gasteiger charge is 2.26. The van der Waals surface area contributed by atoms with Gasteiger partial charge in [-0.15, -0.1) is 11.8 Å². The van der Waals surface area contributed by atoms with Crippen LogP contribution in [0.2, 0.25) is 0 Å². The molecule has 3 heteroatoms. The number of rotatable bonds is 4. The summed E-state index contributed by atoms with van der Waals surface area (Å²) >= 11 is 1.77. The van der Waals surface area contributed by atoms with Crippen LogP contribution in [0.4, 0.5) is 5.69 Å². The molecule has 0 bridgehead atoms. The zero-order valence-electron chi connectivity index (χ0n) is 12.2. The quantitative estimate of drug-likeness (QED) is 0.780. The molecule has 0 fully saturated rings. The van der Waals surface area contributed by atoms with E-state index in [1.807, 2.05) is 41.3 Å². The molecule has 0 saturated heterocycles. The van der Waals surface area contributed by atoms with E-state index in [1.54, 1.807) is 11.8 Å². The monoisotopic (exact) mass is 297 g/mol. The van der Waals surface area contributed by atoms with Crippen molar-refractivity contribution in [3.05, 3.63) is 59.7 Å². The Kier molecular flexibility index (Phi) is 4.30. The van der Waals surface area contributed by atoms with Crippen molar-refractivity contribution in [2.75, 3.05) is 17.2 Å². The SMILES string of the molecule is CCCSc1ccccc1C(=O)N1CCc2ccccc21.